The van der Waals surface area contributed by atoms with Gasteiger partial charge in [0.2, 0.25) is 5.91 Å². The van der Waals surface area contributed by atoms with E-state index < -0.39 is 41.9 Å². The van der Waals surface area contributed by atoms with Crippen LogP contribution in [0.25, 0.3) is 0 Å². The van der Waals surface area contributed by atoms with E-state index in [0.717, 1.165) is 17.7 Å². The number of aliphatic carboxylic acids is 1. The minimum Gasteiger partial charge on any atom is -0.479 e. The predicted molar refractivity (Wildman–Crippen MR) is 86.3 cm³/mol. The van der Waals surface area contributed by atoms with Crippen LogP contribution in [0.2, 0.25) is 0 Å². The Morgan fingerprint density at radius 3 is 2.52 bits per heavy atom. The van der Waals surface area contributed by atoms with Gasteiger partial charge in [0, 0.05) is 0 Å². The van der Waals surface area contributed by atoms with Crippen LogP contribution in [-0.2, 0) is 14.4 Å². The quantitative estimate of drug-likeness (QED) is 0.655. The monoisotopic (exact) mass is 345 g/mol. The molecule has 0 radical (unpaired) electrons. The molecular formula is C17H19N3O5. The number of hydrogen-bond donors (Lipinski definition) is 3. The topological polar surface area (TPSA) is 116 Å². The fourth-order valence-electron chi connectivity index (χ4n) is 3.08. The van der Waals surface area contributed by atoms with Crippen molar-refractivity contribution >= 4 is 23.8 Å². The lowest BCUT2D eigenvalue weighted by atomic mass is 9.96. The second kappa shape index (κ2) is 6.19. The first-order valence-electron chi connectivity index (χ1n) is 8.04. The molecule has 4 amide bonds. The van der Waals surface area contributed by atoms with Crippen molar-refractivity contribution in [3.8, 4) is 0 Å². The van der Waals surface area contributed by atoms with Gasteiger partial charge in [0.05, 0.1) is 0 Å². The van der Waals surface area contributed by atoms with E-state index in [4.69, 9.17) is 0 Å². The highest BCUT2D eigenvalue weighted by atomic mass is 16.4. The summed E-state index contributed by atoms with van der Waals surface area (Å²) in [6.07, 6.45) is 1.72. The highest BCUT2D eigenvalue weighted by Gasteiger charge is 2.56. The molecule has 1 aromatic carbocycles. The number of carboxylic acid groups (broad SMARTS) is 1. The zero-order valence-corrected chi connectivity index (χ0v) is 13.7. The summed E-state index contributed by atoms with van der Waals surface area (Å²) in [6.45, 7) is 1.15. The Balaban J connectivity index is 1.68. The van der Waals surface area contributed by atoms with Crippen molar-refractivity contribution in [3.05, 3.63) is 35.9 Å². The fraction of sp³-hybridized carbons (Fsp3) is 0.412. The molecule has 1 saturated carbocycles. The highest BCUT2D eigenvalue weighted by molar-refractivity contribution is 6.09. The van der Waals surface area contributed by atoms with Crippen molar-refractivity contribution < 1.29 is 24.3 Å². The molecule has 8 nitrogen and oxygen atoms in total. The molecule has 1 aliphatic carbocycles. The van der Waals surface area contributed by atoms with Crippen molar-refractivity contribution in [1.82, 2.24) is 15.5 Å². The van der Waals surface area contributed by atoms with Gasteiger partial charge in [0.25, 0.3) is 5.91 Å². The molecule has 1 aromatic rings. The molecule has 1 aliphatic heterocycles. The number of benzene rings is 1. The molecule has 0 aromatic heterocycles. The molecule has 1 heterocycles. The van der Waals surface area contributed by atoms with Gasteiger partial charge in [0.1, 0.15) is 12.1 Å². The first-order chi connectivity index (χ1) is 11.8. The van der Waals surface area contributed by atoms with Crippen LogP contribution in [0.4, 0.5) is 4.79 Å². The minimum absolute atomic E-state index is 0.0908. The van der Waals surface area contributed by atoms with Gasteiger partial charge in [-0.05, 0) is 31.2 Å². The number of urea groups is 1. The third-order valence-corrected chi connectivity index (χ3v) is 4.68. The van der Waals surface area contributed by atoms with Gasteiger partial charge < -0.3 is 15.7 Å². The number of carbonyl (C=O) groups excluding carboxylic acids is 3. The van der Waals surface area contributed by atoms with Gasteiger partial charge in [-0.2, -0.15) is 0 Å². The van der Waals surface area contributed by atoms with Crippen molar-refractivity contribution in [2.24, 2.45) is 5.92 Å². The Morgan fingerprint density at radius 2 is 1.96 bits per heavy atom. The summed E-state index contributed by atoms with van der Waals surface area (Å²) >= 11 is 0. The Hall–Kier alpha value is -2.90. The maximum atomic E-state index is 12.5. The molecule has 1 unspecified atom stereocenters. The summed E-state index contributed by atoms with van der Waals surface area (Å²) in [5.41, 5.74) is -0.563. The zero-order chi connectivity index (χ0) is 18.2. The van der Waals surface area contributed by atoms with Crippen LogP contribution in [-0.4, -0.2) is 45.9 Å². The molecule has 0 spiro atoms. The Kier molecular flexibility index (Phi) is 4.20. The lowest BCUT2D eigenvalue weighted by molar-refractivity contribution is -0.142. The lowest BCUT2D eigenvalue weighted by Gasteiger charge is -2.21. The maximum absolute atomic E-state index is 12.5. The number of amides is 4. The van der Waals surface area contributed by atoms with Crippen LogP contribution >= 0.6 is 0 Å². The van der Waals surface area contributed by atoms with E-state index in [1.807, 2.05) is 0 Å². The summed E-state index contributed by atoms with van der Waals surface area (Å²) in [5.74, 6) is -2.28. The minimum atomic E-state index is -1.25. The van der Waals surface area contributed by atoms with E-state index in [2.05, 4.69) is 10.6 Å². The average molecular weight is 345 g/mol. The SMILES string of the molecule is CC1(C2CC2)NC(=O)N(CC(=O)N[C@@H](C(=O)O)c2ccccc2)C1=O. The van der Waals surface area contributed by atoms with Gasteiger partial charge in [0.15, 0.2) is 6.04 Å². The smallest absolute Gasteiger partial charge is 0.330 e. The molecule has 132 valence electrons. The maximum Gasteiger partial charge on any atom is 0.330 e. The lowest BCUT2D eigenvalue weighted by Crippen LogP contribution is -2.47. The van der Waals surface area contributed by atoms with Crippen molar-refractivity contribution in [1.29, 1.82) is 0 Å². The largest absolute Gasteiger partial charge is 0.479 e. The van der Waals surface area contributed by atoms with Gasteiger partial charge in [-0.1, -0.05) is 30.3 Å². The molecule has 2 atom stereocenters. The van der Waals surface area contributed by atoms with Crippen LogP contribution in [0.1, 0.15) is 31.4 Å². The third kappa shape index (κ3) is 3.19. The van der Waals surface area contributed by atoms with Crippen molar-refractivity contribution in [3.63, 3.8) is 0 Å². The van der Waals surface area contributed by atoms with Crippen LogP contribution < -0.4 is 10.6 Å². The van der Waals surface area contributed by atoms with E-state index >= 15 is 0 Å². The molecule has 1 saturated heterocycles. The van der Waals surface area contributed by atoms with E-state index in [1.54, 1.807) is 37.3 Å². The normalized spacial score (nSPS) is 24.0. The molecule has 25 heavy (non-hydrogen) atoms. The molecule has 8 heteroatoms. The molecule has 3 N–H and O–H groups in total. The molecule has 3 rings (SSSR count). The number of imide groups is 1. The standard InChI is InChI=1S/C17H19N3O5/c1-17(11-7-8-11)15(24)20(16(25)19-17)9-12(21)18-13(14(22)23)10-5-3-2-4-6-10/h2-6,11,13H,7-9H2,1H3,(H,18,21)(H,19,25)(H,22,23)/t13-,17?/m1/s1. The van der Waals surface area contributed by atoms with E-state index in [1.165, 1.54) is 0 Å². The molecule has 0 bridgehead atoms. The molecule has 2 aliphatic rings. The zero-order valence-electron chi connectivity index (χ0n) is 13.7. The van der Waals surface area contributed by atoms with Crippen LogP contribution in [0.15, 0.2) is 30.3 Å². The van der Waals surface area contributed by atoms with Gasteiger partial charge in [-0.3, -0.25) is 14.5 Å². The second-order valence-corrected chi connectivity index (χ2v) is 6.55. The summed E-state index contributed by atoms with van der Waals surface area (Å²) in [4.78, 5) is 49.0. The van der Waals surface area contributed by atoms with Gasteiger partial charge in [-0.25, -0.2) is 9.59 Å². The van der Waals surface area contributed by atoms with Gasteiger partial charge in [-0.15, -0.1) is 0 Å². The number of hydrogen-bond acceptors (Lipinski definition) is 4. The average Bonchev–Trinajstić information content (AvgIpc) is 3.39. The van der Waals surface area contributed by atoms with Crippen molar-refractivity contribution in [2.45, 2.75) is 31.3 Å². The Morgan fingerprint density at radius 1 is 1.32 bits per heavy atom. The number of carboxylic acids is 1. The van der Waals surface area contributed by atoms with Crippen LogP contribution in [0.5, 0.6) is 0 Å². The number of nitrogens with one attached hydrogen (secondary N) is 2. The summed E-state index contributed by atoms with van der Waals surface area (Å²) in [6, 6.07) is 6.35. The van der Waals surface area contributed by atoms with Crippen molar-refractivity contribution in [2.75, 3.05) is 6.54 Å². The fourth-order valence-corrected chi connectivity index (χ4v) is 3.08. The Bertz CT molecular complexity index is 731. The summed E-state index contributed by atoms with van der Waals surface area (Å²) < 4.78 is 0. The third-order valence-electron chi connectivity index (χ3n) is 4.68. The summed E-state index contributed by atoms with van der Waals surface area (Å²) in [5, 5.41) is 14.3. The first kappa shape index (κ1) is 16.9. The van der Waals surface area contributed by atoms with E-state index in [9.17, 15) is 24.3 Å². The first-order valence-corrected chi connectivity index (χ1v) is 8.04. The van der Waals surface area contributed by atoms with E-state index in [0.29, 0.717) is 5.56 Å². The molecular weight excluding hydrogens is 326 g/mol. The highest BCUT2D eigenvalue weighted by Crippen LogP contribution is 2.42. The van der Waals surface area contributed by atoms with Crippen LogP contribution in [0, 0.1) is 5.92 Å². The Labute approximate surface area is 144 Å². The number of carbonyl (C=O) groups is 4. The second-order valence-electron chi connectivity index (χ2n) is 6.55. The number of rotatable bonds is 6. The van der Waals surface area contributed by atoms with E-state index in [-0.39, 0.29) is 5.92 Å². The molecule has 2 fully saturated rings. The van der Waals surface area contributed by atoms with Gasteiger partial charge >= 0.3 is 12.0 Å². The predicted octanol–water partition coefficient (Wildman–Crippen LogP) is 0.649. The number of nitrogens with zero attached hydrogens (tertiary/aromatic N) is 1. The summed E-state index contributed by atoms with van der Waals surface area (Å²) in [7, 11) is 0. The van der Waals surface area contributed by atoms with Crippen LogP contribution in [0.3, 0.4) is 0 Å².